The Morgan fingerprint density at radius 1 is 1.50 bits per heavy atom. The third kappa shape index (κ3) is 3.40. The van der Waals surface area contributed by atoms with Gasteiger partial charge >= 0.3 is 0 Å². The molecule has 2 N–H and O–H groups in total. The van der Waals surface area contributed by atoms with Gasteiger partial charge in [-0.15, -0.1) is 0 Å². The van der Waals surface area contributed by atoms with Crippen molar-refractivity contribution < 1.29 is 4.39 Å². The normalized spacial score (nSPS) is 10.9. The van der Waals surface area contributed by atoms with E-state index in [9.17, 15) is 4.39 Å². The second-order valence-corrected chi connectivity index (χ2v) is 3.13. The van der Waals surface area contributed by atoms with E-state index in [-0.39, 0.29) is 5.82 Å². The highest BCUT2D eigenvalue weighted by Gasteiger charge is 2.03. The molecule has 0 aliphatic heterocycles. The molecule has 0 saturated heterocycles. The summed E-state index contributed by atoms with van der Waals surface area (Å²) >= 11 is 0. The standard InChI is InChI=1S/C10H16FN3/c1-2-14(6-5-12)8-10-4-3-9(11)7-13-10/h3-4,7H,2,5-6,8,12H2,1H3. The third-order valence-electron chi connectivity index (χ3n) is 2.07. The quantitative estimate of drug-likeness (QED) is 0.765. The molecule has 78 valence electrons. The summed E-state index contributed by atoms with van der Waals surface area (Å²) in [6, 6.07) is 3.13. The highest BCUT2D eigenvalue weighted by Crippen LogP contribution is 2.02. The van der Waals surface area contributed by atoms with Crippen molar-refractivity contribution >= 4 is 0 Å². The molecule has 0 aliphatic carbocycles. The molecule has 1 aromatic rings. The van der Waals surface area contributed by atoms with Gasteiger partial charge in [0, 0.05) is 19.6 Å². The van der Waals surface area contributed by atoms with E-state index in [0.29, 0.717) is 6.54 Å². The van der Waals surface area contributed by atoms with Gasteiger partial charge in [-0.1, -0.05) is 6.92 Å². The van der Waals surface area contributed by atoms with Gasteiger partial charge in [0.1, 0.15) is 5.82 Å². The van der Waals surface area contributed by atoms with Crippen LogP contribution in [0.15, 0.2) is 18.3 Å². The Bertz CT molecular complexity index is 261. The zero-order chi connectivity index (χ0) is 10.4. The number of hydrogen-bond acceptors (Lipinski definition) is 3. The van der Waals surface area contributed by atoms with E-state index < -0.39 is 0 Å². The van der Waals surface area contributed by atoms with E-state index in [2.05, 4.69) is 16.8 Å². The predicted octanol–water partition coefficient (Wildman–Crippen LogP) is 1.00. The Morgan fingerprint density at radius 3 is 2.79 bits per heavy atom. The number of halogens is 1. The number of aromatic nitrogens is 1. The predicted molar refractivity (Wildman–Crippen MR) is 54.2 cm³/mol. The zero-order valence-corrected chi connectivity index (χ0v) is 8.41. The maximum absolute atomic E-state index is 12.6. The van der Waals surface area contributed by atoms with Crippen molar-refractivity contribution in [2.75, 3.05) is 19.6 Å². The van der Waals surface area contributed by atoms with Gasteiger partial charge in [-0.25, -0.2) is 4.39 Å². The van der Waals surface area contributed by atoms with Crippen LogP contribution >= 0.6 is 0 Å². The monoisotopic (exact) mass is 197 g/mol. The first-order chi connectivity index (χ1) is 6.76. The molecule has 0 fully saturated rings. The van der Waals surface area contributed by atoms with Gasteiger partial charge in [-0.2, -0.15) is 0 Å². The molecule has 1 rings (SSSR count). The van der Waals surface area contributed by atoms with Crippen LogP contribution in [0.1, 0.15) is 12.6 Å². The first-order valence-electron chi connectivity index (χ1n) is 4.79. The Kier molecular flexibility index (Phi) is 4.49. The lowest BCUT2D eigenvalue weighted by molar-refractivity contribution is 0.284. The van der Waals surface area contributed by atoms with Gasteiger partial charge in [-0.05, 0) is 18.7 Å². The van der Waals surface area contributed by atoms with E-state index in [4.69, 9.17) is 5.73 Å². The molecule has 14 heavy (non-hydrogen) atoms. The number of nitrogens with zero attached hydrogens (tertiary/aromatic N) is 2. The molecule has 0 aliphatic rings. The fraction of sp³-hybridized carbons (Fsp3) is 0.500. The molecule has 0 radical (unpaired) electrons. The molecule has 4 heteroatoms. The van der Waals surface area contributed by atoms with Crippen LogP contribution in [0.2, 0.25) is 0 Å². The van der Waals surface area contributed by atoms with Crippen LogP contribution in [0.3, 0.4) is 0 Å². The number of nitrogens with two attached hydrogens (primary N) is 1. The van der Waals surface area contributed by atoms with E-state index in [1.807, 2.05) is 0 Å². The molecular formula is C10H16FN3. The van der Waals surface area contributed by atoms with Crippen LogP contribution in [-0.4, -0.2) is 29.5 Å². The van der Waals surface area contributed by atoms with Crippen molar-refractivity contribution in [3.8, 4) is 0 Å². The first-order valence-corrected chi connectivity index (χ1v) is 4.79. The van der Waals surface area contributed by atoms with E-state index in [1.54, 1.807) is 6.07 Å². The fourth-order valence-corrected chi connectivity index (χ4v) is 1.26. The molecule has 0 bridgehead atoms. The minimum absolute atomic E-state index is 0.296. The van der Waals surface area contributed by atoms with E-state index in [0.717, 1.165) is 25.3 Å². The van der Waals surface area contributed by atoms with Crippen LogP contribution in [0.5, 0.6) is 0 Å². The summed E-state index contributed by atoms with van der Waals surface area (Å²) in [6.07, 6.45) is 1.24. The Labute approximate surface area is 83.7 Å². The highest BCUT2D eigenvalue weighted by molar-refractivity contribution is 5.04. The number of hydrogen-bond donors (Lipinski definition) is 1. The Hall–Kier alpha value is -1.00. The lowest BCUT2D eigenvalue weighted by Gasteiger charge is -2.18. The minimum Gasteiger partial charge on any atom is -0.329 e. The molecule has 0 spiro atoms. The average Bonchev–Trinajstić information content (AvgIpc) is 2.20. The van der Waals surface area contributed by atoms with Gasteiger partial charge in [0.25, 0.3) is 0 Å². The van der Waals surface area contributed by atoms with Crippen LogP contribution in [0.25, 0.3) is 0 Å². The molecular weight excluding hydrogens is 181 g/mol. The van der Waals surface area contributed by atoms with Crippen LogP contribution in [0, 0.1) is 5.82 Å². The van der Waals surface area contributed by atoms with Crippen molar-refractivity contribution in [3.05, 3.63) is 29.8 Å². The summed E-state index contributed by atoms with van der Waals surface area (Å²) in [5, 5.41) is 0. The average molecular weight is 197 g/mol. The smallest absolute Gasteiger partial charge is 0.141 e. The van der Waals surface area contributed by atoms with Crippen molar-refractivity contribution in [3.63, 3.8) is 0 Å². The number of rotatable bonds is 5. The summed E-state index contributed by atoms with van der Waals surface area (Å²) < 4.78 is 12.6. The molecule has 1 aromatic heterocycles. The first kappa shape index (κ1) is 11.1. The van der Waals surface area contributed by atoms with Crippen molar-refractivity contribution in [1.82, 2.24) is 9.88 Å². The topological polar surface area (TPSA) is 42.1 Å². The maximum atomic E-state index is 12.6. The number of pyridine rings is 1. The second kappa shape index (κ2) is 5.67. The largest absolute Gasteiger partial charge is 0.329 e. The summed E-state index contributed by atoms with van der Waals surface area (Å²) in [5.41, 5.74) is 6.34. The summed E-state index contributed by atoms with van der Waals surface area (Å²) in [6.45, 7) is 5.20. The minimum atomic E-state index is -0.296. The van der Waals surface area contributed by atoms with Crippen molar-refractivity contribution in [1.29, 1.82) is 0 Å². The Balaban J connectivity index is 2.53. The second-order valence-electron chi connectivity index (χ2n) is 3.13. The summed E-state index contributed by atoms with van der Waals surface area (Å²) in [7, 11) is 0. The van der Waals surface area contributed by atoms with Crippen LogP contribution < -0.4 is 5.73 Å². The molecule has 0 atom stereocenters. The fourth-order valence-electron chi connectivity index (χ4n) is 1.26. The van der Waals surface area contributed by atoms with Crippen molar-refractivity contribution in [2.24, 2.45) is 5.73 Å². The molecule has 1 heterocycles. The lowest BCUT2D eigenvalue weighted by atomic mass is 10.3. The van der Waals surface area contributed by atoms with Crippen molar-refractivity contribution in [2.45, 2.75) is 13.5 Å². The van der Waals surface area contributed by atoms with Gasteiger partial charge < -0.3 is 5.73 Å². The lowest BCUT2D eigenvalue weighted by Crippen LogP contribution is -2.29. The number of likely N-dealkylation sites (N-methyl/N-ethyl adjacent to an activating group) is 1. The molecule has 0 aromatic carbocycles. The summed E-state index contributed by atoms with van der Waals surface area (Å²) in [5.74, 6) is -0.296. The van der Waals surface area contributed by atoms with E-state index >= 15 is 0 Å². The Morgan fingerprint density at radius 2 is 2.29 bits per heavy atom. The third-order valence-corrected chi connectivity index (χ3v) is 2.07. The van der Waals surface area contributed by atoms with Crippen LogP contribution in [0.4, 0.5) is 4.39 Å². The highest BCUT2D eigenvalue weighted by atomic mass is 19.1. The van der Waals surface area contributed by atoms with E-state index in [1.165, 1.54) is 12.3 Å². The zero-order valence-electron chi connectivity index (χ0n) is 8.41. The SMILES string of the molecule is CCN(CCN)Cc1ccc(F)cn1. The van der Waals surface area contributed by atoms with Crippen LogP contribution in [-0.2, 0) is 6.54 Å². The van der Waals surface area contributed by atoms with Gasteiger partial charge in [-0.3, -0.25) is 9.88 Å². The maximum Gasteiger partial charge on any atom is 0.141 e. The van der Waals surface area contributed by atoms with Gasteiger partial charge in [0.15, 0.2) is 0 Å². The molecule has 0 amide bonds. The van der Waals surface area contributed by atoms with Gasteiger partial charge in [0.05, 0.1) is 11.9 Å². The molecule has 0 unspecified atom stereocenters. The molecule has 3 nitrogen and oxygen atoms in total. The molecule has 0 saturated carbocycles. The van der Waals surface area contributed by atoms with Gasteiger partial charge in [0.2, 0.25) is 0 Å². The summed E-state index contributed by atoms with van der Waals surface area (Å²) in [4.78, 5) is 6.16.